The highest BCUT2D eigenvalue weighted by atomic mass is 32.1. The van der Waals surface area contributed by atoms with E-state index in [4.69, 9.17) is 4.74 Å². The lowest BCUT2D eigenvalue weighted by atomic mass is 10.2. The molecule has 0 aliphatic carbocycles. The summed E-state index contributed by atoms with van der Waals surface area (Å²) in [6, 6.07) is 0. The van der Waals surface area contributed by atoms with Gasteiger partial charge in [-0.3, -0.25) is 5.32 Å². The molecule has 0 aliphatic heterocycles. The molecule has 100 valence electrons. The second-order valence-corrected chi connectivity index (χ2v) is 5.72. The van der Waals surface area contributed by atoms with Gasteiger partial charge in [0, 0.05) is 17.6 Å². The number of nitrogens with one attached hydrogen (secondary N) is 2. The molecule has 0 unspecified atom stereocenters. The van der Waals surface area contributed by atoms with Gasteiger partial charge >= 0.3 is 6.09 Å². The maximum absolute atomic E-state index is 11.5. The van der Waals surface area contributed by atoms with Gasteiger partial charge in [-0.2, -0.15) is 0 Å². The van der Waals surface area contributed by atoms with Crippen LogP contribution in [0.15, 0.2) is 12.3 Å². The third kappa shape index (κ3) is 5.79. The van der Waals surface area contributed by atoms with E-state index in [-0.39, 0.29) is 0 Å². The van der Waals surface area contributed by atoms with Crippen LogP contribution in [-0.2, 0) is 4.74 Å². The molecule has 0 spiro atoms. The fourth-order valence-corrected chi connectivity index (χ4v) is 1.84. The van der Waals surface area contributed by atoms with Gasteiger partial charge in [-0.05, 0) is 33.9 Å². The average molecular weight is 269 g/mol. The summed E-state index contributed by atoms with van der Waals surface area (Å²) < 4.78 is 5.14. The minimum atomic E-state index is -0.503. The molecule has 0 bridgehead atoms. The van der Waals surface area contributed by atoms with Crippen molar-refractivity contribution in [2.24, 2.45) is 0 Å². The number of likely N-dealkylation sites (N-methyl/N-ethyl adjacent to an activating group) is 1. The van der Waals surface area contributed by atoms with Crippen molar-refractivity contribution in [3.63, 3.8) is 0 Å². The van der Waals surface area contributed by atoms with E-state index >= 15 is 0 Å². The predicted octanol–water partition coefficient (Wildman–Crippen LogP) is 2.72. The Hall–Kier alpha value is -1.40. The van der Waals surface area contributed by atoms with Crippen molar-refractivity contribution < 1.29 is 9.53 Å². The maximum atomic E-state index is 11.5. The molecule has 1 amide bonds. The standard InChI is InChI=1S/C12H19N3O2S/c1-12(2,3)17-11(16)15-10-14-8-9(18-10)6-5-7-13-4/h5-6,8,13H,7H2,1-4H3,(H,14,15,16). The van der Waals surface area contributed by atoms with Crippen LogP contribution in [0.1, 0.15) is 25.6 Å². The third-order valence-corrected chi connectivity index (χ3v) is 2.61. The highest BCUT2D eigenvalue weighted by molar-refractivity contribution is 7.16. The van der Waals surface area contributed by atoms with Crippen molar-refractivity contribution in [3.8, 4) is 0 Å². The summed E-state index contributed by atoms with van der Waals surface area (Å²) >= 11 is 1.40. The number of carbonyl (C=O) groups excluding carboxylic acids is 1. The lowest BCUT2D eigenvalue weighted by Crippen LogP contribution is -2.27. The molecular formula is C12H19N3O2S. The van der Waals surface area contributed by atoms with Gasteiger partial charge in [-0.1, -0.05) is 17.4 Å². The number of rotatable bonds is 4. The van der Waals surface area contributed by atoms with Crippen molar-refractivity contribution >= 4 is 28.6 Å². The Labute approximate surface area is 111 Å². The van der Waals surface area contributed by atoms with Crippen molar-refractivity contribution in [1.82, 2.24) is 10.3 Å². The Bertz CT molecular complexity index is 421. The third-order valence-electron chi connectivity index (χ3n) is 1.74. The van der Waals surface area contributed by atoms with Gasteiger partial charge < -0.3 is 10.1 Å². The summed E-state index contributed by atoms with van der Waals surface area (Å²) in [5.74, 6) is 0. The Morgan fingerprint density at radius 1 is 1.56 bits per heavy atom. The van der Waals surface area contributed by atoms with Gasteiger partial charge in [0.1, 0.15) is 5.60 Å². The molecule has 0 fully saturated rings. The molecule has 0 saturated heterocycles. The van der Waals surface area contributed by atoms with Crippen LogP contribution in [0.3, 0.4) is 0 Å². The number of carbonyl (C=O) groups is 1. The molecule has 1 rings (SSSR count). The van der Waals surface area contributed by atoms with E-state index in [1.54, 1.807) is 6.20 Å². The minimum absolute atomic E-state index is 0.484. The van der Waals surface area contributed by atoms with Crippen molar-refractivity contribution in [2.45, 2.75) is 26.4 Å². The zero-order valence-corrected chi connectivity index (χ0v) is 11.9. The molecule has 0 radical (unpaired) electrons. The van der Waals surface area contributed by atoms with E-state index in [1.807, 2.05) is 40.0 Å². The van der Waals surface area contributed by atoms with Crippen LogP contribution in [0.4, 0.5) is 9.93 Å². The molecule has 1 aromatic heterocycles. The summed E-state index contributed by atoms with van der Waals surface area (Å²) in [6.45, 7) is 6.26. The van der Waals surface area contributed by atoms with Crippen LogP contribution in [0.2, 0.25) is 0 Å². The maximum Gasteiger partial charge on any atom is 0.413 e. The van der Waals surface area contributed by atoms with Gasteiger partial charge in [0.25, 0.3) is 0 Å². The number of hydrogen-bond donors (Lipinski definition) is 2. The molecule has 0 aromatic carbocycles. The largest absolute Gasteiger partial charge is 0.444 e. The molecule has 0 aliphatic rings. The second kappa shape index (κ2) is 6.51. The highest BCUT2D eigenvalue weighted by Crippen LogP contribution is 2.20. The van der Waals surface area contributed by atoms with Gasteiger partial charge in [0.15, 0.2) is 5.13 Å². The molecule has 2 N–H and O–H groups in total. The van der Waals surface area contributed by atoms with Crippen LogP contribution >= 0.6 is 11.3 Å². The minimum Gasteiger partial charge on any atom is -0.444 e. The molecule has 1 heterocycles. The number of thiazole rings is 1. The number of hydrogen-bond acceptors (Lipinski definition) is 5. The molecule has 0 atom stereocenters. The van der Waals surface area contributed by atoms with Crippen LogP contribution < -0.4 is 10.6 Å². The van der Waals surface area contributed by atoms with Crippen molar-refractivity contribution in [3.05, 3.63) is 17.2 Å². The zero-order valence-electron chi connectivity index (χ0n) is 11.1. The van der Waals surface area contributed by atoms with E-state index in [0.717, 1.165) is 11.4 Å². The smallest absolute Gasteiger partial charge is 0.413 e. The van der Waals surface area contributed by atoms with Gasteiger partial charge in [0.2, 0.25) is 0 Å². The fraction of sp³-hybridized carbons (Fsp3) is 0.500. The molecule has 5 nitrogen and oxygen atoms in total. The predicted molar refractivity (Wildman–Crippen MR) is 74.9 cm³/mol. The van der Waals surface area contributed by atoms with Crippen LogP contribution in [0.25, 0.3) is 6.08 Å². The van der Waals surface area contributed by atoms with Crippen LogP contribution in [-0.4, -0.2) is 30.3 Å². The van der Waals surface area contributed by atoms with Crippen LogP contribution in [0.5, 0.6) is 0 Å². The number of ether oxygens (including phenoxy) is 1. The van der Waals surface area contributed by atoms with Crippen LogP contribution in [0, 0.1) is 0 Å². The van der Waals surface area contributed by atoms with E-state index in [0.29, 0.717) is 5.13 Å². The topological polar surface area (TPSA) is 63.2 Å². The number of aromatic nitrogens is 1. The van der Waals surface area contributed by atoms with Crippen molar-refractivity contribution in [1.29, 1.82) is 0 Å². The quantitative estimate of drug-likeness (QED) is 0.882. The first-order chi connectivity index (χ1) is 8.40. The summed E-state index contributed by atoms with van der Waals surface area (Å²) in [6.07, 6.45) is 5.17. The average Bonchev–Trinajstić information content (AvgIpc) is 2.63. The number of nitrogens with zero attached hydrogens (tertiary/aromatic N) is 1. The first-order valence-corrected chi connectivity index (χ1v) is 6.49. The fourth-order valence-electron chi connectivity index (χ4n) is 1.11. The lowest BCUT2D eigenvalue weighted by Gasteiger charge is -2.18. The van der Waals surface area contributed by atoms with E-state index in [2.05, 4.69) is 15.6 Å². The monoisotopic (exact) mass is 269 g/mol. The SMILES string of the molecule is CNCC=Cc1cnc(NC(=O)OC(C)(C)C)s1. The first-order valence-electron chi connectivity index (χ1n) is 5.67. The first kappa shape index (κ1) is 14.7. The van der Waals surface area contributed by atoms with E-state index in [9.17, 15) is 4.79 Å². The lowest BCUT2D eigenvalue weighted by molar-refractivity contribution is 0.0636. The molecule has 1 aromatic rings. The van der Waals surface area contributed by atoms with Gasteiger partial charge in [-0.25, -0.2) is 9.78 Å². The molecule has 18 heavy (non-hydrogen) atoms. The van der Waals surface area contributed by atoms with Gasteiger partial charge in [0.05, 0.1) is 0 Å². The Kier molecular flexibility index (Phi) is 5.30. The second-order valence-electron chi connectivity index (χ2n) is 4.65. The van der Waals surface area contributed by atoms with E-state index < -0.39 is 11.7 Å². The molecule has 0 saturated carbocycles. The van der Waals surface area contributed by atoms with Gasteiger partial charge in [-0.15, -0.1) is 0 Å². The highest BCUT2D eigenvalue weighted by Gasteiger charge is 2.16. The normalized spacial score (nSPS) is 11.8. The van der Waals surface area contributed by atoms with Crippen molar-refractivity contribution in [2.75, 3.05) is 18.9 Å². The Balaban J connectivity index is 2.51. The Morgan fingerprint density at radius 2 is 2.28 bits per heavy atom. The number of amides is 1. The molecule has 6 heteroatoms. The van der Waals surface area contributed by atoms with E-state index in [1.165, 1.54) is 11.3 Å². The number of anilines is 1. The molecular weight excluding hydrogens is 250 g/mol. The zero-order chi connectivity index (χ0) is 13.6. The summed E-state index contributed by atoms with van der Waals surface area (Å²) in [5.41, 5.74) is -0.503. The Morgan fingerprint density at radius 3 is 2.89 bits per heavy atom. The summed E-state index contributed by atoms with van der Waals surface area (Å²) in [7, 11) is 1.88. The summed E-state index contributed by atoms with van der Waals surface area (Å²) in [5, 5.41) is 6.15. The summed E-state index contributed by atoms with van der Waals surface area (Å²) in [4.78, 5) is 16.6.